The van der Waals surface area contributed by atoms with E-state index in [4.69, 9.17) is 4.74 Å². The van der Waals surface area contributed by atoms with Gasteiger partial charge in [-0.25, -0.2) is 0 Å². The van der Waals surface area contributed by atoms with E-state index in [9.17, 15) is 0 Å². The number of guanidine groups is 1. The van der Waals surface area contributed by atoms with Gasteiger partial charge in [-0.3, -0.25) is 9.89 Å². The maximum absolute atomic E-state index is 5.61. The molecule has 0 atom stereocenters. The summed E-state index contributed by atoms with van der Waals surface area (Å²) in [5.74, 6) is 0.890. The predicted octanol–water partition coefficient (Wildman–Crippen LogP) is 2.68. The van der Waals surface area contributed by atoms with E-state index in [1.807, 2.05) is 7.05 Å². The summed E-state index contributed by atoms with van der Waals surface area (Å²) in [6, 6.07) is 2.15. The molecule has 2 fully saturated rings. The lowest BCUT2D eigenvalue weighted by atomic mass is 9.88. The summed E-state index contributed by atoms with van der Waals surface area (Å²) in [5.41, 5.74) is 1.53. The number of halogens is 1. The molecule has 0 aliphatic carbocycles. The molecular formula is C17H29IN4OS. The van der Waals surface area contributed by atoms with Crippen molar-refractivity contribution >= 4 is 41.3 Å². The molecule has 5 nitrogen and oxygen atoms in total. The highest BCUT2D eigenvalue weighted by molar-refractivity contribution is 14.0. The van der Waals surface area contributed by atoms with E-state index >= 15 is 0 Å². The molecule has 1 aromatic heterocycles. The first-order valence-electron chi connectivity index (χ1n) is 8.61. The van der Waals surface area contributed by atoms with Crippen molar-refractivity contribution in [3.63, 3.8) is 0 Å². The van der Waals surface area contributed by atoms with Gasteiger partial charge in [0.05, 0.1) is 0 Å². The van der Waals surface area contributed by atoms with E-state index in [2.05, 4.69) is 37.4 Å². The van der Waals surface area contributed by atoms with Crippen molar-refractivity contribution in [1.82, 2.24) is 15.5 Å². The van der Waals surface area contributed by atoms with Crippen molar-refractivity contribution in [1.29, 1.82) is 0 Å². The topological polar surface area (TPSA) is 48.9 Å². The summed E-state index contributed by atoms with van der Waals surface area (Å²) in [7, 11) is 1.84. The highest BCUT2D eigenvalue weighted by atomic mass is 127. The second-order valence-corrected chi connectivity index (χ2v) is 7.22. The molecule has 0 saturated carbocycles. The van der Waals surface area contributed by atoms with Crippen LogP contribution >= 0.6 is 35.3 Å². The molecule has 2 N–H and O–H groups in total. The highest BCUT2D eigenvalue weighted by Gasteiger charge is 2.39. The number of rotatable bonds is 5. The summed E-state index contributed by atoms with van der Waals surface area (Å²) in [6.07, 6.45) is 4.88. The highest BCUT2D eigenvalue weighted by Crippen LogP contribution is 2.30. The van der Waals surface area contributed by atoms with Crippen LogP contribution in [0.15, 0.2) is 21.8 Å². The monoisotopic (exact) mass is 464 g/mol. The largest absolute Gasteiger partial charge is 0.381 e. The Labute approximate surface area is 166 Å². The first kappa shape index (κ1) is 19.9. The van der Waals surface area contributed by atoms with E-state index < -0.39 is 0 Å². The first-order valence-corrected chi connectivity index (χ1v) is 9.55. The standard InChI is InChI=1S/C17H28N4OS.HI/c1-18-16(19-12-15-4-11-23-13-15)20-14-17(5-9-22-10-6-17)21-7-2-3-8-21;/h4,11,13H,2-3,5-10,12,14H2,1H3,(H2,18,19,20);1H. The average Bonchev–Trinajstić information content (AvgIpc) is 3.30. The van der Waals surface area contributed by atoms with Crippen molar-refractivity contribution in [2.75, 3.05) is 39.9 Å². The number of nitrogens with zero attached hydrogens (tertiary/aromatic N) is 2. The van der Waals surface area contributed by atoms with Crippen molar-refractivity contribution in [3.8, 4) is 0 Å². The van der Waals surface area contributed by atoms with E-state index in [1.54, 1.807) is 11.3 Å². The van der Waals surface area contributed by atoms with Gasteiger partial charge in [0, 0.05) is 38.9 Å². The number of hydrogen-bond donors (Lipinski definition) is 2. The number of nitrogens with one attached hydrogen (secondary N) is 2. The van der Waals surface area contributed by atoms with Gasteiger partial charge in [-0.1, -0.05) is 0 Å². The van der Waals surface area contributed by atoms with Crippen LogP contribution in [0, 0.1) is 0 Å². The molecule has 0 amide bonds. The second-order valence-electron chi connectivity index (χ2n) is 6.44. The molecular weight excluding hydrogens is 435 g/mol. The maximum atomic E-state index is 5.61. The van der Waals surface area contributed by atoms with Crippen LogP contribution < -0.4 is 10.6 Å². The molecule has 3 heterocycles. The number of likely N-dealkylation sites (tertiary alicyclic amines) is 1. The third-order valence-corrected chi connectivity index (χ3v) is 5.78. The summed E-state index contributed by atoms with van der Waals surface area (Å²) in [5, 5.41) is 11.3. The molecule has 2 aliphatic rings. The Morgan fingerprint density at radius 3 is 2.67 bits per heavy atom. The minimum absolute atomic E-state index is 0. The lowest BCUT2D eigenvalue weighted by molar-refractivity contribution is -0.0164. The van der Waals surface area contributed by atoms with Gasteiger partial charge in [-0.15, -0.1) is 24.0 Å². The lowest BCUT2D eigenvalue weighted by Crippen LogP contribution is -2.58. The van der Waals surface area contributed by atoms with Crippen LogP contribution in [-0.4, -0.2) is 56.3 Å². The molecule has 2 aliphatic heterocycles. The van der Waals surface area contributed by atoms with Gasteiger partial charge >= 0.3 is 0 Å². The SMILES string of the molecule is CN=C(NCc1ccsc1)NCC1(N2CCCC2)CCOCC1.I. The predicted molar refractivity (Wildman–Crippen MR) is 112 cm³/mol. The van der Waals surface area contributed by atoms with Crippen molar-refractivity contribution in [2.24, 2.45) is 4.99 Å². The molecule has 136 valence electrons. The van der Waals surface area contributed by atoms with Gasteiger partial charge in [0.2, 0.25) is 0 Å². The molecule has 0 spiro atoms. The Morgan fingerprint density at radius 2 is 2.04 bits per heavy atom. The number of thiophene rings is 1. The van der Waals surface area contributed by atoms with Gasteiger partial charge in [-0.2, -0.15) is 11.3 Å². The molecule has 7 heteroatoms. The molecule has 0 aromatic carbocycles. The summed E-state index contributed by atoms with van der Waals surface area (Å²) >= 11 is 1.73. The van der Waals surface area contributed by atoms with E-state index in [1.165, 1.54) is 31.5 Å². The maximum Gasteiger partial charge on any atom is 0.191 e. The molecule has 24 heavy (non-hydrogen) atoms. The summed E-state index contributed by atoms with van der Waals surface area (Å²) in [4.78, 5) is 7.05. The quantitative estimate of drug-likeness (QED) is 0.400. The van der Waals surface area contributed by atoms with Crippen molar-refractivity contribution in [2.45, 2.75) is 37.8 Å². The molecule has 3 rings (SSSR count). The Morgan fingerprint density at radius 1 is 1.29 bits per heavy atom. The zero-order chi connectivity index (χ0) is 16.0. The third-order valence-electron chi connectivity index (χ3n) is 5.05. The molecule has 0 unspecified atom stereocenters. The fraction of sp³-hybridized carbons (Fsp3) is 0.706. The molecule has 1 aromatic rings. The molecule has 0 radical (unpaired) electrons. The number of ether oxygens (including phenoxy) is 1. The van der Waals surface area contributed by atoms with Crippen LogP contribution in [-0.2, 0) is 11.3 Å². The van der Waals surface area contributed by atoms with Crippen LogP contribution in [0.5, 0.6) is 0 Å². The Bertz CT molecular complexity index is 497. The molecule has 0 bridgehead atoms. The zero-order valence-corrected chi connectivity index (χ0v) is 17.6. The smallest absolute Gasteiger partial charge is 0.191 e. The van der Waals surface area contributed by atoms with Gasteiger partial charge in [0.25, 0.3) is 0 Å². The Hall–Kier alpha value is -0.380. The van der Waals surface area contributed by atoms with Crippen LogP contribution in [0.4, 0.5) is 0 Å². The first-order chi connectivity index (χ1) is 11.3. The van der Waals surface area contributed by atoms with Crippen LogP contribution in [0.25, 0.3) is 0 Å². The van der Waals surface area contributed by atoms with Crippen LogP contribution in [0.3, 0.4) is 0 Å². The van der Waals surface area contributed by atoms with E-state index in [-0.39, 0.29) is 29.5 Å². The minimum Gasteiger partial charge on any atom is -0.381 e. The lowest BCUT2D eigenvalue weighted by Gasteiger charge is -2.45. The van der Waals surface area contributed by atoms with Gasteiger partial charge in [0.15, 0.2) is 5.96 Å². The van der Waals surface area contributed by atoms with E-state index in [0.29, 0.717) is 0 Å². The second kappa shape index (κ2) is 9.94. The van der Waals surface area contributed by atoms with E-state index in [0.717, 1.165) is 45.1 Å². The average molecular weight is 464 g/mol. The molecule has 2 saturated heterocycles. The minimum atomic E-state index is 0. The van der Waals surface area contributed by atoms with Gasteiger partial charge < -0.3 is 15.4 Å². The fourth-order valence-electron chi connectivity index (χ4n) is 3.60. The number of aliphatic imine (C=N–C) groups is 1. The summed E-state index contributed by atoms with van der Waals surface area (Å²) < 4.78 is 5.61. The van der Waals surface area contributed by atoms with Gasteiger partial charge in [-0.05, 0) is 61.2 Å². The van der Waals surface area contributed by atoms with Crippen LogP contribution in [0.2, 0.25) is 0 Å². The summed E-state index contributed by atoms with van der Waals surface area (Å²) in [6.45, 7) is 5.96. The number of hydrogen-bond acceptors (Lipinski definition) is 4. The zero-order valence-electron chi connectivity index (χ0n) is 14.4. The Kier molecular flexibility index (Phi) is 8.25. The fourth-order valence-corrected chi connectivity index (χ4v) is 4.26. The normalized spacial score (nSPS) is 21.3. The third kappa shape index (κ3) is 5.06. The van der Waals surface area contributed by atoms with Gasteiger partial charge in [0.1, 0.15) is 0 Å². The van der Waals surface area contributed by atoms with Crippen LogP contribution in [0.1, 0.15) is 31.2 Å². The van der Waals surface area contributed by atoms with Crippen molar-refractivity contribution in [3.05, 3.63) is 22.4 Å². The Balaban J connectivity index is 0.00000208. The van der Waals surface area contributed by atoms with Crippen molar-refractivity contribution < 1.29 is 4.74 Å².